The van der Waals surface area contributed by atoms with Crippen molar-refractivity contribution in [2.45, 2.75) is 18.9 Å². The van der Waals surface area contributed by atoms with Gasteiger partial charge < -0.3 is 4.74 Å². The Morgan fingerprint density at radius 3 is 2.71 bits per heavy atom. The number of carbonyl (C=O) groups is 1. The van der Waals surface area contributed by atoms with E-state index in [4.69, 9.17) is 0 Å². The van der Waals surface area contributed by atoms with Crippen molar-refractivity contribution < 1.29 is 18.3 Å². The van der Waals surface area contributed by atoms with Crippen LogP contribution in [0, 0.1) is 0 Å². The Hall–Kier alpha value is -2.34. The highest BCUT2D eigenvalue weighted by Gasteiger charge is 2.17. The highest BCUT2D eigenvalue weighted by atomic mass is 32.1. The molecule has 2 heterocycles. The lowest BCUT2D eigenvalue weighted by Crippen LogP contribution is -2.03. The van der Waals surface area contributed by atoms with E-state index in [1.54, 1.807) is 23.7 Å². The molecule has 1 aromatic carbocycles. The molecule has 3 rings (SSSR count). The van der Waals surface area contributed by atoms with Gasteiger partial charge in [-0.2, -0.15) is 0 Å². The number of benzene rings is 1. The molecule has 0 fully saturated rings. The van der Waals surface area contributed by atoms with Crippen LogP contribution in [0.1, 0.15) is 45.3 Å². The highest BCUT2D eigenvalue weighted by Crippen LogP contribution is 2.34. The number of aliphatic imine (C=N–C) groups is 1. The third-order valence-corrected chi connectivity index (χ3v) is 4.76. The van der Waals surface area contributed by atoms with Crippen LogP contribution in [0.3, 0.4) is 0 Å². The monoisotopic (exact) mass is 347 g/mol. The molecule has 0 saturated heterocycles. The molecule has 0 amide bonds. The van der Waals surface area contributed by atoms with Crippen LogP contribution in [0.4, 0.5) is 8.78 Å². The molecule has 1 aliphatic rings. The number of methoxy groups -OCH3 is 1. The first-order valence-electron chi connectivity index (χ1n) is 7.36. The second kappa shape index (κ2) is 7.05. The van der Waals surface area contributed by atoms with Crippen LogP contribution in [-0.4, -0.2) is 19.3 Å². The van der Waals surface area contributed by atoms with Gasteiger partial charge in [-0.05, 0) is 40.3 Å². The molecule has 3 nitrogen and oxygen atoms in total. The third-order valence-electron chi connectivity index (χ3n) is 3.82. The molecular formula is C18H15F2NO2S. The van der Waals surface area contributed by atoms with E-state index < -0.39 is 6.43 Å². The number of halogens is 2. The van der Waals surface area contributed by atoms with Crippen molar-refractivity contribution in [3.63, 3.8) is 0 Å². The Kier molecular flexibility index (Phi) is 4.85. The molecule has 0 bridgehead atoms. The van der Waals surface area contributed by atoms with Crippen LogP contribution < -0.4 is 0 Å². The minimum atomic E-state index is -2.44. The molecule has 0 N–H and O–H groups in total. The topological polar surface area (TPSA) is 38.7 Å². The van der Waals surface area contributed by atoms with Crippen molar-refractivity contribution >= 4 is 29.1 Å². The van der Waals surface area contributed by atoms with Gasteiger partial charge in [-0.3, -0.25) is 4.99 Å². The number of esters is 1. The summed E-state index contributed by atoms with van der Waals surface area (Å²) in [7, 11) is 1.34. The smallest absolute Gasteiger partial charge is 0.337 e. The second-order valence-electron chi connectivity index (χ2n) is 5.32. The van der Waals surface area contributed by atoms with E-state index in [1.807, 2.05) is 18.2 Å². The molecule has 0 spiro atoms. The SMILES string of the molecule is COC(=O)c1ccc([C@@H]2C=C(c3csc(C(F)F)c3)CC=N2)cc1. The maximum absolute atomic E-state index is 12.7. The van der Waals surface area contributed by atoms with E-state index in [-0.39, 0.29) is 16.9 Å². The zero-order valence-electron chi connectivity index (χ0n) is 12.9. The first-order valence-corrected chi connectivity index (χ1v) is 8.24. The zero-order valence-corrected chi connectivity index (χ0v) is 13.7. The summed E-state index contributed by atoms with van der Waals surface area (Å²) in [5.41, 5.74) is 3.21. The van der Waals surface area contributed by atoms with Gasteiger partial charge in [0.2, 0.25) is 0 Å². The lowest BCUT2D eigenvalue weighted by atomic mass is 9.96. The van der Waals surface area contributed by atoms with Crippen molar-refractivity contribution in [2.24, 2.45) is 4.99 Å². The standard InChI is InChI=1S/C18H15F2NO2S/c1-23-18(22)12-4-2-11(3-5-12)15-8-13(6-7-21-15)14-9-16(17(19)20)24-10-14/h2-5,7-10,15,17H,6H2,1H3/t15-/m0/s1. The minimum absolute atomic E-state index is 0.0763. The third kappa shape index (κ3) is 3.43. The number of carbonyl (C=O) groups excluding carboxylic acids is 1. The molecule has 0 saturated carbocycles. The minimum Gasteiger partial charge on any atom is -0.465 e. The van der Waals surface area contributed by atoms with Gasteiger partial charge in [0, 0.05) is 12.6 Å². The predicted molar refractivity (Wildman–Crippen MR) is 90.9 cm³/mol. The predicted octanol–water partition coefficient (Wildman–Crippen LogP) is 5.07. The number of thiophene rings is 1. The average molecular weight is 347 g/mol. The zero-order chi connectivity index (χ0) is 17.1. The van der Waals surface area contributed by atoms with E-state index in [1.165, 1.54) is 13.2 Å². The summed E-state index contributed by atoms with van der Waals surface area (Å²) in [6.45, 7) is 0. The summed E-state index contributed by atoms with van der Waals surface area (Å²) in [5.74, 6) is -0.386. The van der Waals surface area contributed by atoms with Gasteiger partial charge in [0.1, 0.15) is 0 Å². The average Bonchev–Trinajstić information content (AvgIpc) is 3.12. The molecule has 24 heavy (non-hydrogen) atoms. The maximum atomic E-state index is 12.7. The highest BCUT2D eigenvalue weighted by molar-refractivity contribution is 7.10. The summed E-state index contributed by atoms with van der Waals surface area (Å²) in [6.07, 6.45) is 1.96. The fourth-order valence-corrected chi connectivity index (χ4v) is 3.31. The van der Waals surface area contributed by atoms with Crippen LogP contribution in [0.5, 0.6) is 0 Å². The Morgan fingerprint density at radius 2 is 2.08 bits per heavy atom. The van der Waals surface area contributed by atoms with Gasteiger partial charge in [-0.1, -0.05) is 18.2 Å². The van der Waals surface area contributed by atoms with Gasteiger partial charge in [0.15, 0.2) is 0 Å². The first kappa shape index (κ1) is 16.5. The summed E-state index contributed by atoms with van der Waals surface area (Å²) in [4.78, 5) is 16.0. The summed E-state index contributed by atoms with van der Waals surface area (Å²) >= 11 is 1.07. The largest absolute Gasteiger partial charge is 0.465 e. The van der Waals surface area contributed by atoms with Gasteiger partial charge >= 0.3 is 5.97 Å². The number of rotatable bonds is 4. The Morgan fingerprint density at radius 1 is 1.33 bits per heavy atom. The van der Waals surface area contributed by atoms with Gasteiger partial charge in [-0.25, -0.2) is 13.6 Å². The molecular weight excluding hydrogens is 332 g/mol. The molecule has 0 unspecified atom stereocenters. The Labute approximate surface area is 142 Å². The fraction of sp³-hybridized carbons (Fsp3) is 0.222. The second-order valence-corrected chi connectivity index (χ2v) is 6.27. The van der Waals surface area contributed by atoms with Crippen molar-refractivity contribution in [3.05, 3.63) is 63.4 Å². The fourth-order valence-electron chi connectivity index (χ4n) is 2.53. The quantitative estimate of drug-likeness (QED) is 0.724. The van der Waals surface area contributed by atoms with E-state index in [0.29, 0.717) is 12.0 Å². The Bertz CT molecular complexity index is 794. The summed E-state index contributed by atoms with van der Waals surface area (Å²) in [5, 5.41) is 1.75. The number of dihydropyridines is 1. The van der Waals surface area contributed by atoms with E-state index in [0.717, 1.165) is 28.0 Å². The maximum Gasteiger partial charge on any atom is 0.337 e. The molecule has 1 aliphatic heterocycles. The van der Waals surface area contributed by atoms with E-state index >= 15 is 0 Å². The van der Waals surface area contributed by atoms with Crippen LogP contribution in [-0.2, 0) is 4.74 Å². The Balaban J connectivity index is 1.83. The summed E-state index contributed by atoms with van der Waals surface area (Å²) in [6, 6.07) is 8.39. The number of hydrogen-bond acceptors (Lipinski definition) is 4. The van der Waals surface area contributed by atoms with E-state index in [9.17, 15) is 13.6 Å². The van der Waals surface area contributed by atoms with Crippen molar-refractivity contribution in [1.29, 1.82) is 0 Å². The van der Waals surface area contributed by atoms with Crippen LogP contribution in [0.2, 0.25) is 0 Å². The summed E-state index contributed by atoms with van der Waals surface area (Å²) < 4.78 is 30.2. The molecule has 0 radical (unpaired) electrons. The van der Waals surface area contributed by atoms with Crippen molar-refractivity contribution in [1.82, 2.24) is 0 Å². The molecule has 6 heteroatoms. The first-order chi connectivity index (χ1) is 11.6. The number of allylic oxidation sites excluding steroid dienone is 1. The normalized spacial score (nSPS) is 17.0. The molecule has 2 aromatic rings. The van der Waals surface area contributed by atoms with Gasteiger partial charge in [0.05, 0.1) is 23.6 Å². The van der Waals surface area contributed by atoms with Crippen molar-refractivity contribution in [3.8, 4) is 0 Å². The number of alkyl halides is 2. The van der Waals surface area contributed by atoms with E-state index in [2.05, 4.69) is 9.73 Å². The van der Waals surface area contributed by atoms with Gasteiger partial charge in [-0.15, -0.1) is 11.3 Å². The number of hydrogen-bond donors (Lipinski definition) is 0. The van der Waals surface area contributed by atoms with Crippen LogP contribution >= 0.6 is 11.3 Å². The molecule has 1 atom stereocenters. The number of ether oxygens (including phenoxy) is 1. The molecule has 124 valence electrons. The molecule has 1 aromatic heterocycles. The lowest BCUT2D eigenvalue weighted by molar-refractivity contribution is 0.0600. The lowest BCUT2D eigenvalue weighted by Gasteiger charge is -2.16. The van der Waals surface area contributed by atoms with Crippen LogP contribution in [0.25, 0.3) is 5.57 Å². The van der Waals surface area contributed by atoms with Crippen molar-refractivity contribution in [2.75, 3.05) is 7.11 Å². The number of nitrogens with zero attached hydrogens (tertiary/aromatic N) is 1. The van der Waals surface area contributed by atoms with Gasteiger partial charge in [0.25, 0.3) is 6.43 Å². The molecule has 0 aliphatic carbocycles. The van der Waals surface area contributed by atoms with Crippen LogP contribution in [0.15, 0.2) is 46.8 Å².